The van der Waals surface area contributed by atoms with Gasteiger partial charge in [0.1, 0.15) is 0 Å². The van der Waals surface area contributed by atoms with E-state index in [1.807, 2.05) is 37.6 Å². The molecule has 0 bridgehead atoms. The van der Waals surface area contributed by atoms with Crippen molar-refractivity contribution in [1.29, 1.82) is 0 Å². The van der Waals surface area contributed by atoms with Crippen molar-refractivity contribution in [3.63, 3.8) is 0 Å². The van der Waals surface area contributed by atoms with Crippen molar-refractivity contribution in [2.45, 2.75) is 33.9 Å². The molecule has 27 heavy (non-hydrogen) atoms. The van der Waals surface area contributed by atoms with Crippen molar-refractivity contribution in [3.05, 3.63) is 69.3 Å². The number of rotatable bonds is 5. The van der Waals surface area contributed by atoms with Crippen molar-refractivity contribution in [2.24, 2.45) is 7.05 Å². The van der Waals surface area contributed by atoms with Gasteiger partial charge >= 0.3 is 0 Å². The van der Waals surface area contributed by atoms with E-state index < -0.39 is 0 Å². The van der Waals surface area contributed by atoms with E-state index in [0.717, 1.165) is 29.1 Å². The van der Waals surface area contributed by atoms with Crippen LogP contribution in [0.5, 0.6) is 0 Å². The highest BCUT2D eigenvalue weighted by molar-refractivity contribution is 5.95. The SMILES string of the molecule is CCn1nc(C)c(CNC(=O)c2cccc(-c3ccc(=O)n(C)n3)c2)c1C. The monoisotopic (exact) mass is 365 g/mol. The standard InChI is InChI=1S/C20H23N5O2/c1-5-25-14(3)17(13(2)22-25)12-21-20(27)16-8-6-7-15(11-16)18-9-10-19(26)24(4)23-18/h6-11H,5,12H2,1-4H3,(H,21,27). The summed E-state index contributed by atoms with van der Waals surface area (Å²) in [6.07, 6.45) is 0. The molecule has 7 nitrogen and oxygen atoms in total. The molecule has 0 aliphatic heterocycles. The molecule has 0 fully saturated rings. The fourth-order valence-corrected chi connectivity index (χ4v) is 3.04. The maximum absolute atomic E-state index is 12.6. The highest BCUT2D eigenvalue weighted by atomic mass is 16.1. The average molecular weight is 365 g/mol. The lowest BCUT2D eigenvalue weighted by Crippen LogP contribution is -2.23. The smallest absolute Gasteiger partial charge is 0.266 e. The quantitative estimate of drug-likeness (QED) is 0.752. The summed E-state index contributed by atoms with van der Waals surface area (Å²) in [5, 5.41) is 11.7. The van der Waals surface area contributed by atoms with Gasteiger partial charge in [-0.25, -0.2) is 4.68 Å². The summed E-state index contributed by atoms with van der Waals surface area (Å²) in [6, 6.07) is 10.3. The second kappa shape index (κ2) is 7.57. The number of carbonyl (C=O) groups excluding carboxylic acids is 1. The van der Waals surface area contributed by atoms with Crippen molar-refractivity contribution in [3.8, 4) is 11.3 Å². The number of hydrogen-bond donors (Lipinski definition) is 1. The number of benzene rings is 1. The van der Waals surface area contributed by atoms with Gasteiger partial charge in [-0.1, -0.05) is 12.1 Å². The van der Waals surface area contributed by atoms with Crippen LogP contribution in [0.3, 0.4) is 0 Å². The van der Waals surface area contributed by atoms with E-state index in [2.05, 4.69) is 15.5 Å². The first kappa shape index (κ1) is 18.6. The molecule has 140 valence electrons. The van der Waals surface area contributed by atoms with Crippen LogP contribution < -0.4 is 10.9 Å². The van der Waals surface area contributed by atoms with Crippen molar-refractivity contribution < 1.29 is 4.79 Å². The van der Waals surface area contributed by atoms with Gasteiger partial charge in [0.2, 0.25) is 0 Å². The Morgan fingerprint density at radius 1 is 1.15 bits per heavy atom. The highest BCUT2D eigenvalue weighted by Gasteiger charge is 2.13. The topological polar surface area (TPSA) is 81.8 Å². The van der Waals surface area contributed by atoms with E-state index in [1.54, 1.807) is 25.2 Å². The molecule has 0 spiro atoms. The lowest BCUT2D eigenvalue weighted by atomic mass is 10.1. The zero-order chi connectivity index (χ0) is 19.6. The third-order valence-electron chi connectivity index (χ3n) is 4.64. The van der Waals surface area contributed by atoms with E-state index in [4.69, 9.17) is 0 Å². The summed E-state index contributed by atoms with van der Waals surface area (Å²) >= 11 is 0. The third kappa shape index (κ3) is 3.81. The third-order valence-corrected chi connectivity index (χ3v) is 4.64. The normalized spacial score (nSPS) is 10.8. The van der Waals surface area contributed by atoms with E-state index in [0.29, 0.717) is 17.8 Å². The molecule has 7 heteroatoms. The Labute approximate surface area is 157 Å². The Kier molecular flexibility index (Phi) is 5.21. The maximum Gasteiger partial charge on any atom is 0.266 e. The van der Waals surface area contributed by atoms with Gasteiger partial charge in [0.25, 0.3) is 11.5 Å². The molecule has 0 saturated carbocycles. The molecule has 1 aromatic carbocycles. The van der Waals surface area contributed by atoms with Gasteiger partial charge in [-0.05, 0) is 39.0 Å². The van der Waals surface area contributed by atoms with E-state index in [1.165, 1.54) is 10.7 Å². The summed E-state index contributed by atoms with van der Waals surface area (Å²) in [6.45, 7) is 7.23. The summed E-state index contributed by atoms with van der Waals surface area (Å²) in [7, 11) is 1.60. The van der Waals surface area contributed by atoms with Gasteiger partial charge in [0.15, 0.2) is 0 Å². The molecule has 0 saturated heterocycles. The van der Waals surface area contributed by atoms with Gasteiger partial charge in [-0.2, -0.15) is 10.2 Å². The predicted octanol–water partition coefficient (Wildman–Crippen LogP) is 2.21. The fourth-order valence-electron chi connectivity index (χ4n) is 3.04. The Balaban J connectivity index is 1.79. The second-order valence-electron chi connectivity index (χ2n) is 6.41. The van der Waals surface area contributed by atoms with Crippen molar-refractivity contribution in [1.82, 2.24) is 24.9 Å². The number of aromatic nitrogens is 4. The molecule has 0 aliphatic carbocycles. The first-order valence-electron chi connectivity index (χ1n) is 8.86. The van der Waals surface area contributed by atoms with Crippen LogP contribution in [0.1, 0.15) is 34.2 Å². The molecule has 3 aromatic rings. The molecule has 1 amide bonds. The number of aryl methyl sites for hydroxylation is 3. The van der Waals surface area contributed by atoms with E-state index in [-0.39, 0.29) is 11.5 Å². The Morgan fingerprint density at radius 3 is 2.59 bits per heavy atom. The van der Waals surface area contributed by atoms with Crippen LogP contribution in [0.4, 0.5) is 0 Å². The number of nitrogens with one attached hydrogen (secondary N) is 1. The Morgan fingerprint density at radius 2 is 1.93 bits per heavy atom. The van der Waals surface area contributed by atoms with E-state index >= 15 is 0 Å². The molecule has 0 unspecified atom stereocenters. The minimum absolute atomic E-state index is 0.162. The molecule has 3 rings (SSSR count). The Bertz CT molecular complexity index is 1050. The molecule has 0 aliphatic rings. The van der Waals surface area contributed by atoms with Crippen LogP contribution in [0.25, 0.3) is 11.3 Å². The van der Waals surface area contributed by atoms with Crippen molar-refractivity contribution >= 4 is 5.91 Å². The number of carbonyl (C=O) groups is 1. The Hall–Kier alpha value is -3.22. The van der Waals surface area contributed by atoms with Gasteiger partial charge in [0, 0.05) is 48.6 Å². The van der Waals surface area contributed by atoms with Crippen LogP contribution in [0.2, 0.25) is 0 Å². The summed E-state index contributed by atoms with van der Waals surface area (Å²) in [5.41, 5.74) is 4.83. The predicted molar refractivity (Wildman–Crippen MR) is 103 cm³/mol. The van der Waals surface area contributed by atoms with Gasteiger partial charge < -0.3 is 5.32 Å². The zero-order valence-electron chi connectivity index (χ0n) is 16.0. The zero-order valence-corrected chi connectivity index (χ0v) is 16.0. The molecule has 2 aromatic heterocycles. The maximum atomic E-state index is 12.6. The number of nitrogens with zero attached hydrogens (tertiary/aromatic N) is 4. The molecule has 2 heterocycles. The summed E-state index contributed by atoms with van der Waals surface area (Å²) in [5.74, 6) is -0.162. The van der Waals surface area contributed by atoms with Gasteiger partial charge in [-0.15, -0.1) is 0 Å². The summed E-state index contributed by atoms with van der Waals surface area (Å²) in [4.78, 5) is 24.1. The molecular formula is C20H23N5O2. The minimum Gasteiger partial charge on any atom is -0.348 e. The number of amides is 1. The second-order valence-corrected chi connectivity index (χ2v) is 6.41. The van der Waals surface area contributed by atoms with Crippen LogP contribution in [0.15, 0.2) is 41.2 Å². The first-order valence-corrected chi connectivity index (χ1v) is 8.86. The van der Waals surface area contributed by atoms with Crippen molar-refractivity contribution in [2.75, 3.05) is 0 Å². The van der Waals surface area contributed by atoms with Crippen LogP contribution in [-0.4, -0.2) is 25.5 Å². The van der Waals surface area contributed by atoms with E-state index in [9.17, 15) is 9.59 Å². The molecule has 0 radical (unpaired) electrons. The van der Waals surface area contributed by atoms with Gasteiger partial charge in [-0.3, -0.25) is 14.3 Å². The molecule has 0 atom stereocenters. The minimum atomic E-state index is -0.175. The van der Waals surface area contributed by atoms with Crippen LogP contribution >= 0.6 is 0 Å². The van der Waals surface area contributed by atoms with Gasteiger partial charge in [0.05, 0.1) is 11.4 Å². The lowest BCUT2D eigenvalue weighted by molar-refractivity contribution is 0.0951. The lowest BCUT2D eigenvalue weighted by Gasteiger charge is -2.08. The first-order chi connectivity index (χ1) is 12.9. The van der Waals surface area contributed by atoms with Crippen LogP contribution in [0, 0.1) is 13.8 Å². The largest absolute Gasteiger partial charge is 0.348 e. The molecular weight excluding hydrogens is 342 g/mol. The average Bonchev–Trinajstić information content (AvgIpc) is 2.95. The number of hydrogen-bond acceptors (Lipinski definition) is 4. The highest BCUT2D eigenvalue weighted by Crippen LogP contribution is 2.18. The van der Waals surface area contributed by atoms with Crippen LogP contribution in [-0.2, 0) is 20.1 Å². The summed E-state index contributed by atoms with van der Waals surface area (Å²) < 4.78 is 3.21. The fraction of sp³-hybridized carbons (Fsp3) is 0.300. The molecule has 1 N–H and O–H groups in total.